The molecule has 1 atom stereocenters. The Labute approximate surface area is 152 Å². The normalized spacial score (nSPS) is 12.5. The molecule has 0 unspecified atom stereocenters. The van der Waals surface area contributed by atoms with Gasteiger partial charge in [0.25, 0.3) is 5.56 Å². The van der Waals surface area contributed by atoms with Crippen LogP contribution in [0.4, 0.5) is 0 Å². The zero-order chi connectivity index (χ0) is 18.4. The van der Waals surface area contributed by atoms with E-state index in [0.717, 1.165) is 0 Å². The van der Waals surface area contributed by atoms with Crippen LogP contribution in [0.3, 0.4) is 0 Å². The number of thioether (sulfide) groups is 1. The molecule has 6 nitrogen and oxygen atoms in total. The Kier molecular flexibility index (Phi) is 7.01. The number of carbonyl (C=O) groups is 1. The first-order chi connectivity index (χ1) is 11.9. The van der Waals surface area contributed by atoms with Crippen molar-refractivity contribution in [2.24, 2.45) is 5.92 Å². The number of nitrogens with zero attached hydrogens (tertiary/aromatic N) is 2. The van der Waals surface area contributed by atoms with E-state index in [1.54, 1.807) is 17.7 Å². The van der Waals surface area contributed by atoms with Crippen molar-refractivity contribution in [3.05, 3.63) is 34.6 Å². The Bertz CT molecular complexity index is 789. The van der Waals surface area contributed by atoms with Crippen molar-refractivity contribution in [3.8, 4) is 0 Å². The van der Waals surface area contributed by atoms with Gasteiger partial charge in [0.1, 0.15) is 0 Å². The second-order valence-electron chi connectivity index (χ2n) is 6.38. The molecule has 0 saturated heterocycles. The minimum atomic E-state index is -0.171. The quantitative estimate of drug-likeness (QED) is 0.576. The number of rotatable bonds is 8. The number of aromatic nitrogens is 2. The van der Waals surface area contributed by atoms with Gasteiger partial charge >= 0.3 is 0 Å². The summed E-state index contributed by atoms with van der Waals surface area (Å²) in [6.45, 7) is 7.03. The number of para-hydroxylation sites is 1. The Morgan fingerprint density at radius 1 is 1.32 bits per heavy atom. The van der Waals surface area contributed by atoms with Crippen LogP contribution >= 0.6 is 11.8 Å². The summed E-state index contributed by atoms with van der Waals surface area (Å²) in [4.78, 5) is 29.5. The van der Waals surface area contributed by atoms with E-state index < -0.39 is 0 Å². The molecule has 1 N–H and O–H groups in total. The van der Waals surface area contributed by atoms with Gasteiger partial charge in [-0.05, 0) is 25.0 Å². The van der Waals surface area contributed by atoms with E-state index in [4.69, 9.17) is 4.74 Å². The van der Waals surface area contributed by atoms with E-state index in [1.807, 2.05) is 39.0 Å². The SMILES string of the molecule is COC[C@H](C)n1c(SCC(=O)NCC(C)C)nc2ccccc2c1=O. The lowest BCUT2D eigenvalue weighted by Gasteiger charge is -2.18. The van der Waals surface area contributed by atoms with Crippen LogP contribution in [0.25, 0.3) is 10.9 Å². The molecule has 1 amide bonds. The standard InChI is InChI=1S/C18H25N3O3S/c1-12(2)9-19-16(22)11-25-18-20-15-8-6-5-7-14(15)17(23)21(18)13(3)10-24-4/h5-8,12-13H,9-11H2,1-4H3,(H,19,22)/t13-/m0/s1. The molecule has 1 aromatic carbocycles. The molecule has 136 valence electrons. The summed E-state index contributed by atoms with van der Waals surface area (Å²) in [5.41, 5.74) is 0.527. The van der Waals surface area contributed by atoms with Crippen LogP contribution in [-0.4, -0.2) is 41.5 Å². The maximum absolute atomic E-state index is 12.9. The van der Waals surface area contributed by atoms with Crippen molar-refractivity contribution in [1.29, 1.82) is 0 Å². The third kappa shape index (κ3) is 5.06. The van der Waals surface area contributed by atoms with Crippen molar-refractivity contribution >= 4 is 28.6 Å². The number of hydrogen-bond donors (Lipinski definition) is 1. The Hall–Kier alpha value is -1.86. The lowest BCUT2D eigenvalue weighted by Crippen LogP contribution is -2.31. The van der Waals surface area contributed by atoms with Crippen LogP contribution in [0, 0.1) is 5.92 Å². The number of amides is 1. The van der Waals surface area contributed by atoms with Gasteiger partial charge in [-0.3, -0.25) is 14.2 Å². The lowest BCUT2D eigenvalue weighted by molar-refractivity contribution is -0.118. The predicted molar refractivity (Wildman–Crippen MR) is 101 cm³/mol. The highest BCUT2D eigenvalue weighted by molar-refractivity contribution is 7.99. The lowest BCUT2D eigenvalue weighted by atomic mass is 10.2. The number of benzene rings is 1. The van der Waals surface area contributed by atoms with E-state index in [-0.39, 0.29) is 23.3 Å². The van der Waals surface area contributed by atoms with Gasteiger partial charge in [-0.15, -0.1) is 0 Å². The molecule has 0 saturated carbocycles. The van der Waals surface area contributed by atoms with Crippen molar-refractivity contribution in [2.45, 2.75) is 32.0 Å². The third-order valence-electron chi connectivity index (χ3n) is 3.66. The molecule has 0 spiro atoms. The average molecular weight is 363 g/mol. The van der Waals surface area contributed by atoms with Gasteiger partial charge in [0, 0.05) is 13.7 Å². The van der Waals surface area contributed by atoms with Gasteiger partial charge in [0.15, 0.2) is 5.16 Å². The zero-order valence-electron chi connectivity index (χ0n) is 15.1. The average Bonchev–Trinajstić information content (AvgIpc) is 2.58. The molecule has 2 rings (SSSR count). The maximum Gasteiger partial charge on any atom is 0.262 e. The molecule has 25 heavy (non-hydrogen) atoms. The summed E-state index contributed by atoms with van der Waals surface area (Å²) in [5, 5.41) is 3.98. The van der Waals surface area contributed by atoms with Crippen molar-refractivity contribution in [1.82, 2.24) is 14.9 Å². The summed E-state index contributed by atoms with van der Waals surface area (Å²) in [7, 11) is 1.60. The highest BCUT2D eigenvalue weighted by Gasteiger charge is 2.17. The fourth-order valence-corrected chi connectivity index (χ4v) is 3.36. The van der Waals surface area contributed by atoms with Gasteiger partial charge in [-0.1, -0.05) is 37.7 Å². The number of methoxy groups -OCH3 is 1. The van der Waals surface area contributed by atoms with Crippen LogP contribution in [-0.2, 0) is 9.53 Å². The van der Waals surface area contributed by atoms with Crippen molar-refractivity contribution < 1.29 is 9.53 Å². The molecule has 0 fully saturated rings. The second kappa shape index (κ2) is 9.01. The number of carbonyl (C=O) groups excluding carboxylic acids is 1. The zero-order valence-corrected chi connectivity index (χ0v) is 15.9. The molecule has 0 bridgehead atoms. The molecule has 1 heterocycles. The van der Waals surface area contributed by atoms with E-state index in [9.17, 15) is 9.59 Å². The second-order valence-corrected chi connectivity index (χ2v) is 7.32. The Morgan fingerprint density at radius 2 is 2.04 bits per heavy atom. The molecule has 1 aromatic heterocycles. The first-order valence-corrected chi connectivity index (χ1v) is 9.32. The number of ether oxygens (including phenoxy) is 1. The molecular formula is C18H25N3O3S. The van der Waals surface area contributed by atoms with Crippen LogP contribution in [0.2, 0.25) is 0 Å². The van der Waals surface area contributed by atoms with Gasteiger partial charge < -0.3 is 10.1 Å². The summed E-state index contributed by atoms with van der Waals surface area (Å²) in [6.07, 6.45) is 0. The van der Waals surface area contributed by atoms with Crippen molar-refractivity contribution in [3.63, 3.8) is 0 Å². The number of nitrogens with one attached hydrogen (secondary N) is 1. The molecule has 2 aromatic rings. The molecule has 0 aliphatic heterocycles. The van der Waals surface area contributed by atoms with Crippen LogP contribution in [0.5, 0.6) is 0 Å². The fourth-order valence-electron chi connectivity index (χ4n) is 2.43. The highest BCUT2D eigenvalue weighted by atomic mass is 32.2. The molecular weight excluding hydrogens is 338 g/mol. The third-order valence-corrected chi connectivity index (χ3v) is 4.62. The van der Waals surface area contributed by atoms with Gasteiger partial charge in [-0.2, -0.15) is 0 Å². The van der Waals surface area contributed by atoms with Gasteiger partial charge in [0.05, 0.1) is 29.3 Å². The molecule has 0 radical (unpaired) electrons. The summed E-state index contributed by atoms with van der Waals surface area (Å²) < 4.78 is 6.81. The Morgan fingerprint density at radius 3 is 2.72 bits per heavy atom. The molecule has 0 aliphatic carbocycles. The fraction of sp³-hybridized carbons (Fsp3) is 0.500. The van der Waals surface area contributed by atoms with E-state index in [1.165, 1.54) is 11.8 Å². The Balaban J connectivity index is 2.31. The molecule has 0 aliphatic rings. The summed E-state index contributed by atoms with van der Waals surface area (Å²) >= 11 is 1.27. The van der Waals surface area contributed by atoms with Crippen LogP contribution in [0.15, 0.2) is 34.2 Å². The first kappa shape index (κ1) is 19.5. The van der Waals surface area contributed by atoms with Crippen molar-refractivity contribution in [2.75, 3.05) is 26.0 Å². The number of hydrogen-bond acceptors (Lipinski definition) is 5. The minimum absolute atomic E-state index is 0.0629. The topological polar surface area (TPSA) is 73.2 Å². The number of fused-ring (bicyclic) bond motifs is 1. The van der Waals surface area contributed by atoms with E-state index in [0.29, 0.717) is 35.1 Å². The van der Waals surface area contributed by atoms with Crippen LogP contribution < -0.4 is 10.9 Å². The summed E-state index contributed by atoms with van der Waals surface area (Å²) in [5.74, 6) is 0.553. The van der Waals surface area contributed by atoms with E-state index in [2.05, 4.69) is 10.3 Å². The minimum Gasteiger partial charge on any atom is -0.383 e. The monoisotopic (exact) mass is 363 g/mol. The maximum atomic E-state index is 12.9. The van der Waals surface area contributed by atoms with Gasteiger partial charge in [-0.25, -0.2) is 4.98 Å². The highest BCUT2D eigenvalue weighted by Crippen LogP contribution is 2.21. The van der Waals surface area contributed by atoms with Gasteiger partial charge in [0.2, 0.25) is 5.91 Å². The summed E-state index contributed by atoms with van der Waals surface area (Å²) in [6, 6.07) is 7.08. The smallest absolute Gasteiger partial charge is 0.262 e. The first-order valence-electron chi connectivity index (χ1n) is 8.33. The largest absolute Gasteiger partial charge is 0.383 e. The predicted octanol–water partition coefficient (Wildman–Crippen LogP) is 2.47. The molecule has 7 heteroatoms. The van der Waals surface area contributed by atoms with Crippen LogP contribution in [0.1, 0.15) is 26.8 Å². The van der Waals surface area contributed by atoms with E-state index >= 15 is 0 Å².